The minimum atomic E-state index is -0.631. The summed E-state index contributed by atoms with van der Waals surface area (Å²) < 4.78 is 0. The summed E-state index contributed by atoms with van der Waals surface area (Å²) in [7, 11) is 0. The van der Waals surface area contributed by atoms with Crippen LogP contribution in [-0.4, -0.2) is 23.7 Å². The molecular formula is C17H20N2O2. The van der Waals surface area contributed by atoms with Crippen molar-refractivity contribution in [2.24, 2.45) is 5.92 Å². The van der Waals surface area contributed by atoms with Crippen molar-refractivity contribution in [2.45, 2.75) is 43.6 Å². The molecule has 1 saturated heterocycles. The van der Waals surface area contributed by atoms with Crippen molar-refractivity contribution >= 4 is 5.91 Å². The van der Waals surface area contributed by atoms with Gasteiger partial charge in [0.1, 0.15) is 0 Å². The monoisotopic (exact) mass is 284 g/mol. The molecule has 0 aromatic heterocycles. The quantitative estimate of drug-likeness (QED) is 0.890. The molecule has 4 nitrogen and oxygen atoms in total. The van der Waals surface area contributed by atoms with Crippen molar-refractivity contribution in [1.29, 1.82) is 5.26 Å². The second-order valence-corrected chi connectivity index (χ2v) is 6.11. The van der Waals surface area contributed by atoms with E-state index in [9.17, 15) is 9.90 Å². The number of fused-ring (bicyclic) bond motifs is 1. The first kappa shape index (κ1) is 14.1. The Morgan fingerprint density at radius 1 is 1.29 bits per heavy atom. The van der Waals surface area contributed by atoms with Gasteiger partial charge in [0, 0.05) is 12.6 Å². The molecule has 1 saturated carbocycles. The molecule has 2 N–H and O–H groups in total. The van der Waals surface area contributed by atoms with Crippen molar-refractivity contribution in [1.82, 2.24) is 5.32 Å². The lowest BCUT2D eigenvalue weighted by atomic mass is 9.64. The predicted molar refractivity (Wildman–Crippen MR) is 78.4 cm³/mol. The Morgan fingerprint density at radius 3 is 2.67 bits per heavy atom. The van der Waals surface area contributed by atoms with E-state index in [0.29, 0.717) is 12.0 Å². The lowest BCUT2D eigenvalue weighted by Crippen LogP contribution is -2.41. The van der Waals surface area contributed by atoms with Crippen molar-refractivity contribution in [3.63, 3.8) is 0 Å². The second-order valence-electron chi connectivity index (χ2n) is 6.11. The highest BCUT2D eigenvalue weighted by Gasteiger charge is 2.55. The van der Waals surface area contributed by atoms with Crippen molar-refractivity contribution < 1.29 is 9.90 Å². The molecular weight excluding hydrogens is 264 g/mol. The number of hydrogen-bond acceptors (Lipinski definition) is 3. The number of carbonyl (C=O) groups is 1. The topological polar surface area (TPSA) is 73.1 Å². The smallest absolute Gasteiger partial charge is 0.231 e. The first-order chi connectivity index (χ1) is 10.2. The van der Waals surface area contributed by atoms with Crippen LogP contribution in [0.5, 0.6) is 0 Å². The summed E-state index contributed by atoms with van der Waals surface area (Å²) >= 11 is 0. The summed E-state index contributed by atoms with van der Waals surface area (Å²) in [5.74, 6) is 0.289. The van der Waals surface area contributed by atoms with E-state index in [2.05, 4.69) is 11.4 Å². The van der Waals surface area contributed by atoms with E-state index in [0.717, 1.165) is 31.2 Å². The molecule has 110 valence electrons. The summed E-state index contributed by atoms with van der Waals surface area (Å²) in [4.78, 5) is 12.7. The minimum Gasteiger partial charge on any atom is -0.396 e. The Labute approximate surface area is 124 Å². The average Bonchev–Trinajstić information content (AvgIpc) is 2.81. The maximum Gasteiger partial charge on any atom is 0.231 e. The zero-order chi connectivity index (χ0) is 14.9. The van der Waals surface area contributed by atoms with Crippen LogP contribution >= 0.6 is 0 Å². The third-order valence-corrected chi connectivity index (χ3v) is 5.16. The van der Waals surface area contributed by atoms with E-state index in [1.165, 1.54) is 0 Å². The summed E-state index contributed by atoms with van der Waals surface area (Å²) in [6, 6.07) is 9.62. The molecule has 2 aliphatic rings. The maximum atomic E-state index is 12.7. The molecule has 1 heterocycles. The molecule has 3 rings (SSSR count). The van der Waals surface area contributed by atoms with E-state index < -0.39 is 5.41 Å². The molecule has 0 radical (unpaired) electrons. The molecule has 1 aliphatic carbocycles. The van der Waals surface area contributed by atoms with Crippen LogP contribution in [0.15, 0.2) is 24.3 Å². The van der Waals surface area contributed by atoms with Gasteiger partial charge in [-0.2, -0.15) is 5.26 Å². The van der Waals surface area contributed by atoms with Gasteiger partial charge >= 0.3 is 0 Å². The molecule has 21 heavy (non-hydrogen) atoms. The fourth-order valence-corrected chi connectivity index (χ4v) is 4.17. The van der Waals surface area contributed by atoms with Gasteiger partial charge in [0.15, 0.2) is 0 Å². The molecule has 0 spiro atoms. The average molecular weight is 284 g/mol. The van der Waals surface area contributed by atoms with Crippen LogP contribution in [0, 0.1) is 17.2 Å². The summed E-state index contributed by atoms with van der Waals surface area (Å²) in [6.07, 6.45) is 4.79. The van der Waals surface area contributed by atoms with Gasteiger partial charge in [-0.15, -0.1) is 0 Å². The Kier molecular flexibility index (Phi) is 3.69. The van der Waals surface area contributed by atoms with Crippen LogP contribution in [0.3, 0.4) is 0 Å². The largest absolute Gasteiger partial charge is 0.396 e. The molecule has 1 aromatic carbocycles. The lowest BCUT2D eigenvalue weighted by molar-refractivity contribution is -0.125. The molecule has 2 fully saturated rings. The predicted octanol–water partition coefficient (Wildman–Crippen LogP) is 1.87. The van der Waals surface area contributed by atoms with Crippen LogP contribution in [0.25, 0.3) is 0 Å². The number of nitriles is 1. The Morgan fingerprint density at radius 2 is 2.00 bits per heavy atom. The Bertz CT molecular complexity index is 575. The van der Waals surface area contributed by atoms with Gasteiger partial charge in [0.2, 0.25) is 5.91 Å². The first-order valence-electron chi connectivity index (χ1n) is 7.65. The number of nitrogens with one attached hydrogen (secondary N) is 1. The Balaban J connectivity index is 2.05. The highest BCUT2D eigenvalue weighted by atomic mass is 16.3. The van der Waals surface area contributed by atoms with E-state index in [1.54, 1.807) is 12.1 Å². The fourth-order valence-electron chi connectivity index (χ4n) is 4.17. The fraction of sp³-hybridized carbons (Fsp3) is 0.529. The number of hydrogen-bond donors (Lipinski definition) is 2. The SMILES string of the molecule is N#Cc1ccc(C2(CCO)C(=O)NC3CCCCC32)cc1. The Hall–Kier alpha value is -1.86. The zero-order valence-corrected chi connectivity index (χ0v) is 12.0. The van der Waals surface area contributed by atoms with Crippen LogP contribution in [0.2, 0.25) is 0 Å². The number of nitrogens with zero attached hydrogens (tertiary/aromatic N) is 1. The molecule has 1 amide bonds. The molecule has 3 unspecified atom stereocenters. The highest BCUT2D eigenvalue weighted by Crippen LogP contribution is 2.47. The minimum absolute atomic E-state index is 0.00333. The summed E-state index contributed by atoms with van der Waals surface area (Å²) in [6.45, 7) is -0.00333. The highest BCUT2D eigenvalue weighted by molar-refractivity contribution is 5.91. The van der Waals surface area contributed by atoms with Crippen molar-refractivity contribution in [3.05, 3.63) is 35.4 Å². The number of aliphatic hydroxyl groups excluding tert-OH is 1. The van der Waals surface area contributed by atoms with Crippen molar-refractivity contribution in [2.75, 3.05) is 6.61 Å². The van der Waals surface area contributed by atoms with Crippen LogP contribution in [-0.2, 0) is 10.2 Å². The van der Waals surface area contributed by atoms with E-state index in [1.807, 2.05) is 12.1 Å². The van der Waals surface area contributed by atoms with E-state index in [4.69, 9.17) is 5.26 Å². The maximum absolute atomic E-state index is 12.7. The van der Waals surface area contributed by atoms with Crippen LogP contribution in [0.4, 0.5) is 0 Å². The van der Waals surface area contributed by atoms with Gasteiger partial charge in [-0.3, -0.25) is 4.79 Å². The number of aliphatic hydroxyl groups is 1. The molecule has 1 aliphatic heterocycles. The lowest BCUT2D eigenvalue weighted by Gasteiger charge is -2.36. The second kappa shape index (κ2) is 5.50. The van der Waals surface area contributed by atoms with Gasteiger partial charge in [-0.25, -0.2) is 0 Å². The third-order valence-electron chi connectivity index (χ3n) is 5.16. The first-order valence-corrected chi connectivity index (χ1v) is 7.65. The summed E-state index contributed by atoms with van der Waals surface area (Å²) in [5.41, 5.74) is 0.896. The molecule has 1 aromatic rings. The zero-order valence-electron chi connectivity index (χ0n) is 12.0. The van der Waals surface area contributed by atoms with E-state index in [-0.39, 0.29) is 24.5 Å². The van der Waals surface area contributed by atoms with Gasteiger partial charge in [0.05, 0.1) is 17.0 Å². The number of benzene rings is 1. The van der Waals surface area contributed by atoms with Crippen LogP contribution < -0.4 is 5.32 Å². The summed E-state index contributed by atoms with van der Waals surface area (Å²) in [5, 5.41) is 21.6. The molecule has 0 bridgehead atoms. The normalized spacial score (nSPS) is 31.3. The van der Waals surface area contributed by atoms with Gasteiger partial charge in [-0.1, -0.05) is 25.0 Å². The van der Waals surface area contributed by atoms with Gasteiger partial charge in [0.25, 0.3) is 0 Å². The number of rotatable bonds is 3. The molecule has 3 atom stereocenters. The van der Waals surface area contributed by atoms with Crippen LogP contribution in [0.1, 0.15) is 43.2 Å². The van der Waals surface area contributed by atoms with Gasteiger partial charge in [-0.05, 0) is 42.9 Å². The standard InChI is InChI=1S/C17H20N2O2/c18-11-12-5-7-13(8-6-12)17(9-10-20)14-3-1-2-4-15(14)19-16(17)21/h5-8,14-15,20H,1-4,9-10H2,(H,19,21). The molecule has 4 heteroatoms. The van der Waals surface area contributed by atoms with E-state index >= 15 is 0 Å². The number of carbonyl (C=O) groups excluding carboxylic acids is 1. The number of amides is 1. The third kappa shape index (κ3) is 2.13. The van der Waals surface area contributed by atoms with Gasteiger partial charge < -0.3 is 10.4 Å². The van der Waals surface area contributed by atoms with Crippen molar-refractivity contribution in [3.8, 4) is 6.07 Å².